The van der Waals surface area contributed by atoms with E-state index >= 15 is 0 Å². The molecule has 2 aromatic rings. The third kappa shape index (κ3) is 5.23. The second-order valence-corrected chi connectivity index (χ2v) is 6.09. The van der Waals surface area contributed by atoms with Gasteiger partial charge >= 0.3 is 0 Å². The zero-order chi connectivity index (χ0) is 17.5. The van der Waals surface area contributed by atoms with Gasteiger partial charge in [-0.1, -0.05) is 30.3 Å². The fourth-order valence-electron chi connectivity index (χ4n) is 2.87. The number of aromatic nitrogens is 2. The van der Waals surface area contributed by atoms with Gasteiger partial charge in [0.25, 0.3) is 11.5 Å². The van der Waals surface area contributed by atoms with Crippen LogP contribution in [0.4, 0.5) is 0 Å². The molecule has 1 aliphatic rings. The predicted molar refractivity (Wildman–Crippen MR) is 93.3 cm³/mol. The maximum atomic E-state index is 12.1. The molecule has 0 unspecified atom stereocenters. The van der Waals surface area contributed by atoms with Crippen LogP contribution in [0.5, 0.6) is 0 Å². The lowest BCUT2D eigenvalue weighted by atomic mass is 10.2. The second-order valence-electron chi connectivity index (χ2n) is 6.09. The Morgan fingerprint density at radius 1 is 1.32 bits per heavy atom. The molecule has 1 aliphatic heterocycles. The predicted octanol–water partition coefficient (Wildman–Crippen LogP) is 0.791. The van der Waals surface area contributed by atoms with Gasteiger partial charge in [0.15, 0.2) is 0 Å². The average molecular weight is 342 g/mol. The van der Waals surface area contributed by atoms with Gasteiger partial charge in [-0.2, -0.15) is 0 Å². The molecule has 7 nitrogen and oxygen atoms in total. The first-order valence-corrected chi connectivity index (χ1v) is 8.41. The van der Waals surface area contributed by atoms with E-state index in [-0.39, 0.29) is 17.7 Å². The van der Waals surface area contributed by atoms with Crippen LogP contribution < -0.4 is 10.9 Å². The maximum absolute atomic E-state index is 12.1. The van der Waals surface area contributed by atoms with Crippen molar-refractivity contribution in [1.82, 2.24) is 20.2 Å². The molecule has 3 rings (SSSR count). The molecule has 1 amide bonds. The number of hydrogen-bond donors (Lipinski definition) is 2. The third-order valence-corrected chi connectivity index (χ3v) is 4.07. The van der Waals surface area contributed by atoms with E-state index in [4.69, 9.17) is 4.74 Å². The molecule has 0 bridgehead atoms. The van der Waals surface area contributed by atoms with Crippen molar-refractivity contribution in [1.29, 1.82) is 0 Å². The van der Waals surface area contributed by atoms with Crippen LogP contribution in [0.2, 0.25) is 0 Å². The highest BCUT2D eigenvalue weighted by Gasteiger charge is 2.20. The molecule has 1 fully saturated rings. The van der Waals surface area contributed by atoms with Crippen molar-refractivity contribution in [3.63, 3.8) is 0 Å². The molecule has 25 heavy (non-hydrogen) atoms. The summed E-state index contributed by atoms with van der Waals surface area (Å²) in [6, 6.07) is 10.3. The van der Waals surface area contributed by atoms with Gasteiger partial charge in [-0.3, -0.25) is 19.5 Å². The number of nitrogens with one attached hydrogen (secondary N) is 2. The first kappa shape index (κ1) is 17.3. The van der Waals surface area contributed by atoms with Crippen LogP contribution in [-0.2, 0) is 11.3 Å². The first-order valence-electron chi connectivity index (χ1n) is 8.41. The number of H-pyrrole nitrogens is 1. The van der Waals surface area contributed by atoms with Crippen molar-refractivity contribution in [3.8, 4) is 0 Å². The number of hydrogen-bond acceptors (Lipinski definition) is 5. The summed E-state index contributed by atoms with van der Waals surface area (Å²) in [7, 11) is 0. The highest BCUT2D eigenvalue weighted by molar-refractivity contribution is 5.91. The summed E-state index contributed by atoms with van der Waals surface area (Å²) in [6.07, 6.45) is 3.35. The van der Waals surface area contributed by atoms with Crippen LogP contribution in [-0.4, -0.2) is 53.1 Å². The van der Waals surface area contributed by atoms with E-state index in [1.165, 1.54) is 11.8 Å². The minimum Gasteiger partial charge on any atom is -0.375 e. The number of benzene rings is 1. The molecule has 0 spiro atoms. The van der Waals surface area contributed by atoms with Gasteiger partial charge in [0.2, 0.25) is 0 Å². The maximum Gasteiger partial charge on any atom is 0.269 e. The molecular formula is C18H22N4O3. The Morgan fingerprint density at radius 3 is 2.96 bits per heavy atom. The van der Waals surface area contributed by atoms with Gasteiger partial charge in [0, 0.05) is 32.8 Å². The molecule has 1 saturated heterocycles. The number of amides is 1. The zero-order valence-electron chi connectivity index (χ0n) is 14.0. The molecule has 1 aromatic heterocycles. The van der Waals surface area contributed by atoms with E-state index in [1.807, 2.05) is 18.2 Å². The molecule has 1 atom stereocenters. The number of nitrogens with zero attached hydrogens (tertiary/aromatic N) is 2. The minimum atomic E-state index is -0.396. The topological polar surface area (TPSA) is 87.3 Å². The lowest BCUT2D eigenvalue weighted by Gasteiger charge is -2.24. The molecular weight excluding hydrogens is 320 g/mol. The first-order chi connectivity index (χ1) is 12.2. The normalized spacial score (nSPS) is 18.5. The summed E-state index contributed by atoms with van der Waals surface area (Å²) in [5, 5.41) is 2.81. The van der Waals surface area contributed by atoms with Crippen LogP contribution >= 0.6 is 0 Å². The van der Waals surface area contributed by atoms with E-state index in [0.717, 1.165) is 32.3 Å². The van der Waals surface area contributed by atoms with Crippen LogP contribution in [0.25, 0.3) is 0 Å². The van der Waals surface area contributed by atoms with E-state index in [1.54, 1.807) is 0 Å². The summed E-state index contributed by atoms with van der Waals surface area (Å²) in [5.41, 5.74) is 1.02. The van der Waals surface area contributed by atoms with Crippen molar-refractivity contribution in [3.05, 3.63) is 64.3 Å². The van der Waals surface area contributed by atoms with Gasteiger partial charge in [-0.15, -0.1) is 0 Å². The van der Waals surface area contributed by atoms with Crippen molar-refractivity contribution >= 4 is 5.91 Å². The summed E-state index contributed by atoms with van der Waals surface area (Å²) in [5.74, 6) is -0.354. The largest absolute Gasteiger partial charge is 0.375 e. The zero-order valence-corrected chi connectivity index (χ0v) is 14.0. The Bertz CT molecular complexity index is 747. The van der Waals surface area contributed by atoms with Gasteiger partial charge in [-0.05, 0) is 12.0 Å². The van der Waals surface area contributed by atoms with Crippen molar-refractivity contribution in [2.24, 2.45) is 0 Å². The van der Waals surface area contributed by atoms with E-state index in [9.17, 15) is 9.59 Å². The van der Waals surface area contributed by atoms with Crippen LogP contribution in [0.15, 0.2) is 47.5 Å². The van der Waals surface area contributed by atoms with Crippen LogP contribution in [0.1, 0.15) is 22.5 Å². The fourth-order valence-corrected chi connectivity index (χ4v) is 2.87. The highest BCUT2D eigenvalue weighted by Crippen LogP contribution is 2.10. The Balaban J connectivity index is 1.54. The molecule has 0 radical (unpaired) electrons. The summed E-state index contributed by atoms with van der Waals surface area (Å²) in [6.45, 7) is 3.65. The second kappa shape index (κ2) is 8.55. The number of aromatic amines is 1. The number of carbonyl (C=O) groups excluding carboxylic acids is 1. The van der Waals surface area contributed by atoms with Crippen molar-refractivity contribution in [2.75, 3.05) is 26.2 Å². The lowest BCUT2D eigenvalue weighted by molar-refractivity contribution is 0.0509. The molecule has 2 heterocycles. The average Bonchev–Trinajstić information content (AvgIpc) is 2.85. The molecule has 7 heteroatoms. The highest BCUT2D eigenvalue weighted by atomic mass is 16.5. The molecule has 132 valence electrons. The molecule has 0 aliphatic carbocycles. The Labute approximate surface area is 146 Å². The monoisotopic (exact) mass is 342 g/mol. The summed E-state index contributed by atoms with van der Waals surface area (Å²) in [4.78, 5) is 31.9. The standard InChI is InChI=1S/C18H22N4O3/c23-17-11-19-10-16(21-17)18(24)20-9-15-13-22(7-4-8-25-15)12-14-5-2-1-3-6-14/h1-3,5-6,10-11,15H,4,7-9,12-13H2,(H,20,24)(H,21,23)/t15-/m1/s1. The quantitative estimate of drug-likeness (QED) is 0.839. The Morgan fingerprint density at radius 2 is 2.16 bits per heavy atom. The molecule has 2 N–H and O–H groups in total. The number of carbonyl (C=O) groups is 1. The van der Waals surface area contributed by atoms with Crippen LogP contribution in [0, 0.1) is 0 Å². The molecule has 0 saturated carbocycles. The van der Waals surface area contributed by atoms with Crippen molar-refractivity contribution < 1.29 is 9.53 Å². The van der Waals surface area contributed by atoms with Crippen LogP contribution in [0.3, 0.4) is 0 Å². The number of ether oxygens (including phenoxy) is 1. The minimum absolute atomic E-state index is 0.0847. The van der Waals surface area contributed by atoms with Gasteiger partial charge < -0.3 is 15.0 Å². The van der Waals surface area contributed by atoms with Crippen molar-refractivity contribution in [2.45, 2.75) is 19.1 Å². The van der Waals surface area contributed by atoms with Gasteiger partial charge in [0.1, 0.15) is 5.69 Å². The van der Waals surface area contributed by atoms with E-state index < -0.39 is 5.56 Å². The Hall–Kier alpha value is -2.51. The smallest absolute Gasteiger partial charge is 0.269 e. The Kier molecular flexibility index (Phi) is 5.92. The summed E-state index contributed by atoms with van der Waals surface area (Å²) < 4.78 is 5.84. The third-order valence-electron chi connectivity index (χ3n) is 4.07. The van der Waals surface area contributed by atoms with Gasteiger partial charge in [-0.25, -0.2) is 0 Å². The van der Waals surface area contributed by atoms with E-state index in [2.05, 4.69) is 32.3 Å². The fraction of sp³-hybridized carbons (Fsp3) is 0.389. The lowest BCUT2D eigenvalue weighted by Crippen LogP contribution is -2.40. The van der Waals surface area contributed by atoms with Gasteiger partial charge in [0.05, 0.1) is 18.5 Å². The molecule has 1 aromatic carbocycles. The van der Waals surface area contributed by atoms with E-state index in [0.29, 0.717) is 13.2 Å². The SMILES string of the molecule is O=C(NC[C@@H]1CN(Cc2ccccc2)CCCO1)c1cncc(=O)[nH]1. The number of rotatable bonds is 5. The summed E-state index contributed by atoms with van der Waals surface area (Å²) >= 11 is 0.